The third-order valence-corrected chi connectivity index (χ3v) is 5.64. The number of hydrogen-bond acceptors (Lipinski definition) is 3. The van der Waals surface area contributed by atoms with Gasteiger partial charge < -0.3 is 0 Å². The van der Waals surface area contributed by atoms with Crippen LogP contribution in [0.25, 0.3) is 5.57 Å². The van der Waals surface area contributed by atoms with Crippen molar-refractivity contribution in [2.24, 2.45) is 0 Å². The van der Waals surface area contributed by atoms with Crippen LogP contribution in [0.4, 0.5) is 10.1 Å². The predicted molar refractivity (Wildman–Crippen MR) is 110 cm³/mol. The standard InChI is InChI=1S/C22H13ClFNO2S/c23-17-8-4-5-9-18(17)25-21(26)19(14-10-12-15(24)13-11-14)20(22(25)27)28-16-6-2-1-3-7-16/h1-13H. The van der Waals surface area contributed by atoms with E-state index in [-0.39, 0.29) is 10.5 Å². The molecule has 0 atom stereocenters. The maximum Gasteiger partial charge on any atom is 0.272 e. The highest BCUT2D eigenvalue weighted by Crippen LogP contribution is 2.42. The van der Waals surface area contributed by atoms with Gasteiger partial charge in [0, 0.05) is 4.90 Å². The van der Waals surface area contributed by atoms with Crippen LogP contribution >= 0.6 is 23.4 Å². The minimum atomic E-state index is -0.483. The van der Waals surface area contributed by atoms with E-state index in [1.54, 1.807) is 24.3 Å². The molecule has 0 N–H and O–H groups in total. The van der Waals surface area contributed by atoms with E-state index in [1.807, 2.05) is 30.3 Å². The molecule has 3 aromatic carbocycles. The Hall–Kier alpha value is -2.89. The van der Waals surface area contributed by atoms with E-state index in [9.17, 15) is 14.0 Å². The molecule has 2 amide bonds. The van der Waals surface area contributed by atoms with Crippen molar-refractivity contribution in [1.29, 1.82) is 0 Å². The van der Waals surface area contributed by atoms with E-state index < -0.39 is 17.6 Å². The van der Waals surface area contributed by atoms with Crippen LogP contribution in [-0.2, 0) is 9.59 Å². The Morgan fingerprint density at radius 3 is 2.11 bits per heavy atom. The molecule has 0 radical (unpaired) electrons. The third kappa shape index (κ3) is 3.35. The molecule has 3 aromatic rings. The number of thioether (sulfide) groups is 1. The van der Waals surface area contributed by atoms with Gasteiger partial charge in [-0.2, -0.15) is 0 Å². The molecule has 28 heavy (non-hydrogen) atoms. The van der Waals surface area contributed by atoms with Crippen molar-refractivity contribution in [3.63, 3.8) is 0 Å². The van der Waals surface area contributed by atoms with Crippen LogP contribution in [0.2, 0.25) is 5.02 Å². The summed E-state index contributed by atoms with van der Waals surface area (Å²) in [6.07, 6.45) is 0. The molecule has 0 aliphatic carbocycles. The highest BCUT2D eigenvalue weighted by Gasteiger charge is 2.41. The molecule has 0 saturated carbocycles. The molecule has 0 aromatic heterocycles. The van der Waals surface area contributed by atoms with Gasteiger partial charge in [0.2, 0.25) is 0 Å². The topological polar surface area (TPSA) is 37.4 Å². The van der Waals surface area contributed by atoms with Crippen molar-refractivity contribution in [2.75, 3.05) is 4.90 Å². The van der Waals surface area contributed by atoms with Crippen molar-refractivity contribution in [3.05, 3.63) is 100 Å². The second-order valence-electron chi connectivity index (χ2n) is 6.02. The zero-order chi connectivity index (χ0) is 19.7. The summed E-state index contributed by atoms with van der Waals surface area (Å²) in [7, 11) is 0. The number of carbonyl (C=O) groups excluding carboxylic acids is 2. The van der Waals surface area contributed by atoms with Crippen LogP contribution < -0.4 is 4.90 Å². The molecule has 4 rings (SSSR count). The maximum atomic E-state index is 13.4. The molecule has 0 bridgehead atoms. The van der Waals surface area contributed by atoms with Crippen molar-refractivity contribution in [1.82, 2.24) is 0 Å². The van der Waals surface area contributed by atoms with Crippen molar-refractivity contribution in [3.8, 4) is 0 Å². The smallest absolute Gasteiger partial charge is 0.268 e. The molecule has 1 heterocycles. The highest BCUT2D eigenvalue weighted by atomic mass is 35.5. The van der Waals surface area contributed by atoms with Gasteiger partial charge in [-0.1, -0.05) is 65.8 Å². The van der Waals surface area contributed by atoms with Gasteiger partial charge in [-0.05, 0) is 42.0 Å². The van der Waals surface area contributed by atoms with E-state index >= 15 is 0 Å². The fourth-order valence-corrected chi connectivity index (χ4v) is 4.17. The molecule has 138 valence electrons. The predicted octanol–water partition coefficient (Wildman–Crippen LogP) is 5.56. The van der Waals surface area contributed by atoms with Gasteiger partial charge >= 0.3 is 0 Å². The molecular formula is C22H13ClFNO2S. The molecule has 1 aliphatic heterocycles. The average molecular weight is 410 g/mol. The first kappa shape index (κ1) is 18.5. The lowest BCUT2D eigenvalue weighted by atomic mass is 10.1. The lowest BCUT2D eigenvalue weighted by molar-refractivity contribution is -0.119. The van der Waals surface area contributed by atoms with Gasteiger partial charge in [0.25, 0.3) is 11.8 Å². The zero-order valence-electron chi connectivity index (χ0n) is 14.4. The number of hydrogen-bond donors (Lipinski definition) is 0. The van der Waals surface area contributed by atoms with E-state index in [0.717, 1.165) is 9.80 Å². The Bertz CT molecular complexity index is 1100. The minimum absolute atomic E-state index is 0.235. The molecule has 3 nitrogen and oxygen atoms in total. The Morgan fingerprint density at radius 1 is 0.786 bits per heavy atom. The fraction of sp³-hybridized carbons (Fsp3) is 0. The monoisotopic (exact) mass is 409 g/mol. The van der Waals surface area contributed by atoms with E-state index in [0.29, 0.717) is 16.3 Å². The second-order valence-corrected chi connectivity index (χ2v) is 7.51. The number of para-hydroxylation sites is 1. The van der Waals surface area contributed by atoms with E-state index in [4.69, 9.17) is 11.6 Å². The van der Waals surface area contributed by atoms with Crippen LogP contribution in [0.15, 0.2) is 88.7 Å². The van der Waals surface area contributed by atoms with Crippen LogP contribution in [0, 0.1) is 5.82 Å². The summed E-state index contributed by atoms with van der Waals surface area (Å²) < 4.78 is 13.4. The Labute approximate surface area is 170 Å². The Balaban J connectivity index is 1.84. The normalized spacial score (nSPS) is 14.1. The Kier molecular flexibility index (Phi) is 5.03. The number of anilines is 1. The first-order chi connectivity index (χ1) is 13.6. The first-order valence-electron chi connectivity index (χ1n) is 8.42. The number of rotatable bonds is 4. The summed E-state index contributed by atoms with van der Waals surface area (Å²) in [6, 6.07) is 21.5. The first-order valence-corrected chi connectivity index (χ1v) is 9.62. The molecule has 6 heteroatoms. The quantitative estimate of drug-likeness (QED) is 0.530. The van der Waals surface area contributed by atoms with Crippen molar-refractivity contribution < 1.29 is 14.0 Å². The van der Waals surface area contributed by atoms with Crippen LogP contribution in [-0.4, -0.2) is 11.8 Å². The van der Waals surface area contributed by atoms with Crippen molar-refractivity contribution >= 4 is 46.4 Å². The highest BCUT2D eigenvalue weighted by molar-refractivity contribution is 8.04. The van der Waals surface area contributed by atoms with Gasteiger partial charge in [0.05, 0.1) is 21.2 Å². The number of benzene rings is 3. The van der Waals surface area contributed by atoms with Crippen molar-refractivity contribution in [2.45, 2.75) is 4.90 Å². The van der Waals surface area contributed by atoms with E-state index in [1.165, 1.54) is 36.0 Å². The summed E-state index contributed by atoms with van der Waals surface area (Å²) in [6.45, 7) is 0. The van der Waals surface area contributed by atoms with Crippen LogP contribution in [0.5, 0.6) is 0 Å². The van der Waals surface area contributed by atoms with Crippen LogP contribution in [0.1, 0.15) is 5.56 Å². The molecule has 1 aliphatic rings. The molecule has 0 spiro atoms. The lowest BCUT2D eigenvalue weighted by Crippen LogP contribution is -2.31. The SMILES string of the molecule is O=C1C(Sc2ccccc2)=C(c2ccc(F)cc2)C(=O)N1c1ccccc1Cl. The molecule has 0 fully saturated rings. The Morgan fingerprint density at radius 2 is 1.43 bits per heavy atom. The van der Waals surface area contributed by atoms with Gasteiger partial charge in [-0.3, -0.25) is 9.59 Å². The maximum absolute atomic E-state index is 13.4. The second kappa shape index (κ2) is 7.62. The summed E-state index contributed by atoms with van der Waals surface area (Å²) in [5.41, 5.74) is 1.04. The van der Waals surface area contributed by atoms with Gasteiger partial charge in [-0.15, -0.1) is 0 Å². The summed E-state index contributed by atoms with van der Waals surface area (Å²) in [4.78, 5) is 28.6. The molecule has 0 saturated heterocycles. The lowest BCUT2D eigenvalue weighted by Gasteiger charge is -2.16. The van der Waals surface area contributed by atoms with E-state index in [2.05, 4.69) is 0 Å². The minimum Gasteiger partial charge on any atom is -0.268 e. The fourth-order valence-electron chi connectivity index (χ4n) is 2.93. The number of nitrogens with zero attached hydrogens (tertiary/aromatic N) is 1. The number of imide groups is 1. The number of carbonyl (C=O) groups is 2. The summed E-state index contributed by atoms with van der Waals surface area (Å²) in [5.74, 6) is -1.35. The number of halogens is 2. The van der Waals surface area contributed by atoms with Gasteiger partial charge in [-0.25, -0.2) is 9.29 Å². The summed E-state index contributed by atoms with van der Waals surface area (Å²) in [5, 5.41) is 0.300. The molecular weight excluding hydrogens is 397 g/mol. The summed E-state index contributed by atoms with van der Waals surface area (Å²) >= 11 is 7.44. The third-order valence-electron chi connectivity index (χ3n) is 4.23. The number of amides is 2. The average Bonchev–Trinajstić information content (AvgIpc) is 2.94. The van der Waals surface area contributed by atoms with Gasteiger partial charge in [0.15, 0.2) is 0 Å². The zero-order valence-corrected chi connectivity index (χ0v) is 16.0. The van der Waals surface area contributed by atoms with Gasteiger partial charge in [0.1, 0.15) is 5.82 Å². The molecule has 0 unspecified atom stereocenters. The van der Waals surface area contributed by atoms with Crippen LogP contribution in [0.3, 0.4) is 0 Å². The largest absolute Gasteiger partial charge is 0.272 e.